The summed E-state index contributed by atoms with van der Waals surface area (Å²) in [6.07, 6.45) is 1.59. The molecule has 0 radical (unpaired) electrons. The molecule has 0 bridgehead atoms. The maximum absolute atomic E-state index is 13.0. The van der Waals surface area contributed by atoms with E-state index in [4.69, 9.17) is 9.47 Å². The van der Waals surface area contributed by atoms with Crippen LogP contribution in [0.2, 0.25) is 0 Å². The van der Waals surface area contributed by atoms with Gasteiger partial charge in [-0.25, -0.2) is 0 Å². The second-order valence-electron chi connectivity index (χ2n) is 12.3. The van der Waals surface area contributed by atoms with E-state index in [1.54, 1.807) is 0 Å². The fourth-order valence-electron chi connectivity index (χ4n) is 4.82. The molecule has 6 nitrogen and oxygen atoms in total. The second-order valence-corrected chi connectivity index (χ2v) is 20.0. The van der Waals surface area contributed by atoms with Crippen LogP contribution in [0, 0.1) is 5.41 Å². The molecule has 0 N–H and O–H groups in total. The summed E-state index contributed by atoms with van der Waals surface area (Å²) < 4.78 is 11.8. The zero-order valence-corrected chi connectivity index (χ0v) is 28.7. The second kappa shape index (κ2) is 16.0. The summed E-state index contributed by atoms with van der Waals surface area (Å²) in [5.41, 5.74) is 0.0972. The molecule has 0 amide bonds. The minimum Gasteiger partial charge on any atom is -0.464 e. The maximum atomic E-state index is 13.0. The molecule has 0 spiro atoms. The minimum atomic E-state index is -0.160. The maximum Gasteiger partial charge on any atom is 0.307 e. The van der Waals surface area contributed by atoms with Gasteiger partial charge in [-0.3, -0.25) is 19.4 Å². The molecule has 3 saturated heterocycles. The van der Waals surface area contributed by atoms with E-state index in [2.05, 4.69) is 51.3 Å². The summed E-state index contributed by atoms with van der Waals surface area (Å²) >= 11 is 0. The zero-order valence-electron chi connectivity index (χ0n) is 23.8. The van der Waals surface area contributed by atoms with Crippen LogP contribution in [0.4, 0.5) is 0 Å². The Morgan fingerprint density at radius 3 is 1.55 bits per heavy atom. The Hall–Kier alpha value is 0.960. The molecule has 220 valence electrons. The highest BCUT2D eigenvalue weighted by molar-refractivity contribution is 8.77. The normalized spacial score (nSPS) is 21.1. The highest BCUT2D eigenvalue weighted by atomic mass is 33.1. The number of rotatable bonds is 13. The molecule has 3 aliphatic heterocycles. The van der Waals surface area contributed by atoms with E-state index in [-0.39, 0.29) is 42.1 Å². The average molecular weight is 643 g/mol. The van der Waals surface area contributed by atoms with E-state index in [9.17, 15) is 9.59 Å². The fourth-order valence-corrected chi connectivity index (χ4v) is 13.1. The molecule has 3 aliphatic rings. The number of hydrogen-bond acceptors (Lipinski definition) is 12. The molecule has 0 aromatic heterocycles. The fraction of sp³-hybridized carbons (Fsp3) is 0.923. The van der Waals surface area contributed by atoms with Crippen LogP contribution in [0.25, 0.3) is 0 Å². The SMILES string of the molecule is CC(C)(C)CCC(=O)OCC(COC(=O)CCN(C1CSSC1)C(C)(C)C)N(C1CSSC1)C1CSSC1. The average Bonchev–Trinajstić information content (AvgIpc) is 3.62. The third kappa shape index (κ3) is 11.3. The van der Waals surface area contributed by atoms with Gasteiger partial charge in [-0.2, -0.15) is 0 Å². The molecule has 0 saturated carbocycles. The van der Waals surface area contributed by atoms with E-state index >= 15 is 0 Å². The molecule has 3 rings (SSSR count). The molecule has 0 aromatic rings. The van der Waals surface area contributed by atoms with Crippen LogP contribution in [-0.2, 0) is 19.1 Å². The molecule has 3 heterocycles. The van der Waals surface area contributed by atoms with Gasteiger partial charge in [-0.1, -0.05) is 85.5 Å². The number of carbonyl (C=O) groups is 2. The molecular weight excluding hydrogens is 597 g/mol. The van der Waals surface area contributed by atoms with Crippen LogP contribution < -0.4 is 0 Å². The standard InChI is InChI=1S/C26H46N2O4S6/c1-25(2,3)9-7-23(29)31-11-19(28(21-15-35-36-16-21)22-17-37-38-18-22)12-32-24(30)8-10-27(26(4,5)6)20-13-33-34-14-20/h19-22H,7-18H2,1-6H3. The Morgan fingerprint density at radius 2 is 1.13 bits per heavy atom. The minimum absolute atomic E-state index is 0.00656. The van der Waals surface area contributed by atoms with Gasteiger partial charge >= 0.3 is 11.9 Å². The highest BCUT2D eigenvalue weighted by Crippen LogP contribution is 2.40. The highest BCUT2D eigenvalue weighted by Gasteiger charge is 2.38. The van der Waals surface area contributed by atoms with E-state index in [0.29, 0.717) is 37.5 Å². The molecule has 0 aliphatic carbocycles. The van der Waals surface area contributed by atoms with Crippen LogP contribution in [0.5, 0.6) is 0 Å². The van der Waals surface area contributed by atoms with Crippen LogP contribution in [0.3, 0.4) is 0 Å². The van der Waals surface area contributed by atoms with Crippen molar-refractivity contribution in [2.75, 3.05) is 54.3 Å². The number of hydrogen-bond donors (Lipinski definition) is 0. The Labute approximate surface area is 254 Å². The topological polar surface area (TPSA) is 59.1 Å². The van der Waals surface area contributed by atoms with Crippen molar-refractivity contribution in [3.63, 3.8) is 0 Å². The van der Waals surface area contributed by atoms with Crippen molar-refractivity contribution in [3.05, 3.63) is 0 Å². The number of esters is 2. The third-order valence-electron chi connectivity index (χ3n) is 6.89. The first-order valence-corrected chi connectivity index (χ1v) is 21.0. The predicted octanol–water partition coefficient (Wildman–Crippen LogP) is 6.35. The van der Waals surface area contributed by atoms with Gasteiger partial charge < -0.3 is 9.47 Å². The number of nitrogens with zero attached hydrogens (tertiary/aromatic N) is 2. The smallest absolute Gasteiger partial charge is 0.307 e. The third-order valence-corrected chi connectivity index (χ3v) is 14.5. The summed E-state index contributed by atoms with van der Waals surface area (Å²) in [7, 11) is 11.5. The lowest BCUT2D eigenvalue weighted by Gasteiger charge is -2.40. The molecular formula is C26H46N2O4S6. The van der Waals surface area contributed by atoms with Crippen LogP contribution in [0.1, 0.15) is 60.8 Å². The van der Waals surface area contributed by atoms with Crippen molar-refractivity contribution in [1.29, 1.82) is 0 Å². The van der Waals surface area contributed by atoms with Crippen molar-refractivity contribution in [2.24, 2.45) is 5.41 Å². The Kier molecular flexibility index (Phi) is 14.1. The van der Waals surface area contributed by atoms with Gasteiger partial charge in [-0.15, -0.1) is 0 Å². The Balaban J connectivity index is 1.61. The van der Waals surface area contributed by atoms with E-state index < -0.39 is 0 Å². The monoisotopic (exact) mass is 642 g/mol. The molecule has 12 heteroatoms. The summed E-state index contributed by atoms with van der Waals surface area (Å²) in [6, 6.07) is 1.18. The molecule has 3 fully saturated rings. The van der Waals surface area contributed by atoms with Crippen molar-refractivity contribution >= 4 is 76.7 Å². The summed E-state index contributed by atoms with van der Waals surface area (Å²) in [6.45, 7) is 14.3. The van der Waals surface area contributed by atoms with E-state index in [0.717, 1.165) is 40.9 Å². The van der Waals surface area contributed by atoms with Crippen LogP contribution >= 0.6 is 64.8 Å². The molecule has 1 unspecified atom stereocenters. The quantitative estimate of drug-likeness (QED) is 0.166. The molecule has 38 heavy (non-hydrogen) atoms. The van der Waals surface area contributed by atoms with Gasteiger partial charge in [0.1, 0.15) is 13.2 Å². The zero-order chi connectivity index (χ0) is 27.8. The summed E-state index contributed by atoms with van der Waals surface area (Å²) in [4.78, 5) is 30.6. The predicted molar refractivity (Wildman–Crippen MR) is 173 cm³/mol. The van der Waals surface area contributed by atoms with Gasteiger partial charge in [0.25, 0.3) is 0 Å². The van der Waals surface area contributed by atoms with Gasteiger partial charge in [0, 0.05) is 71.1 Å². The Bertz CT molecular complexity index is 729. The van der Waals surface area contributed by atoms with Crippen molar-refractivity contribution in [2.45, 2.75) is 90.5 Å². The summed E-state index contributed by atoms with van der Waals surface area (Å²) in [5, 5.41) is 0. The number of carbonyl (C=O) groups excluding carboxylic acids is 2. The van der Waals surface area contributed by atoms with Gasteiger partial charge in [0.05, 0.1) is 12.5 Å². The summed E-state index contributed by atoms with van der Waals surface area (Å²) in [5.74, 6) is 6.09. The van der Waals surface area contributed by atoms with Gasteiger partial charge in [0.2, 0.25) is 0 Å². The van der Waals surface area contributed by atoms with Gasteiger partial charge in [-0.05, 0) is 32.6 Å². The van der Waals surface area contributed by atoms with Crippen molar-refractivity contribution in [1.82, 2.24) is 9.80 Å². The first-order chi connectivity index (χ1) is 17.9. The first-order valence-electron chi connectivity index (χ1n) is 13.5. The van der Waals surface area contributed by atoms with Crippen molar-refractivity contribution < 1.29 is 19.1 Å². The lowest BCUT2D eigenvalue weighted by atomic mass is 9.91. The number of ether oxygens (including phenoxy) is 2. The molecule has 0 aromatic carbocycles. The largest absolute Gasteiger partial charge is 0.464 e. The van der Waals surface area contributed by atoms with Gasteiger partial charge in [0.15, 0.2) is 0 Å². The lowest BCUT2D eigenvalue weighted by Crippen LogP contribution is -2.55. The van der Waals surface area contributed by atoms with E-state index in [1.165, 1.54) is 0 Å². The van der Waals surface area contributed by atoms with E-state index in [1.807, 2.05) is 64.8 Å². The van der Waals surface area contributed by atoms with Crippen LogP contribution in [0.15, 0.2) is 0 Å². The first kappa shape index (κ1) is 33.5. The lowest BCUT2D eigenvalue weighted by molar-refractivity contribution is -0.151. The Morgan fingerprint density at radius 1 is 0.711 bits per heavy atom. The van der Waals surface area contributed by atoms with Crippen molar-refractivity contribution in [3.8, 4) is 0 Å². The van der Waals surface area contributed by atoms with Crippen LogP contribution in [-0.4, -0.2) is 106 Å². The molecule has 1 atom stereocenters.